The van der Waals surface area contributed by atoms with E-state index in [1.54, 1.807) is 0 Å². The van der Waals surface area contributed by atoms with Gasteiger partial charge in [0.15, 0.2) is 5.58 Å². The lowest BCUT2D eigenvalue weighted by Crippen LogP contribution is -2.33. The second-order valence-electron chi connectivity index (χ2n) is 4.13. The fraction of sp³-hybridized carbons (Fsp3) is 0.417. The predicted octanol–water partition coefficient (Wildman–Crippen LogP) is 3.19. The molecule has 0 atom stereocenters. The van der Waals surface area contributed by atoms with Crippen LogP contribution < -0.4 is 4.90 Å². The molecule has 1 aliphatic heterocycles. The Morgan fingerprint density at radius 3 is 2.75 bits per heavy atom. The van der Waals surface area contributed by atoms with Gasteiger partial charge in [-0.1, -0.05) is 28.1 Å². The molecule has 4 heteroatoms. The number of anilines is 1. The topological polar surface area (TPSA) is 29.3 Å². The fourth-order valence-electron chi connectivity index (χ4n) is 2.03. The summed E-state index contributed by atoms with van der Waals surface area (Å²) in [5.74, 6) is 0. The Hall–Kier alpha value is -1.03. The summed E-state index contributed by atoms with van der Waals surface area (Å²) in [6.45, 7) is 2.03. The normalized spacial score (nSPS) is 18.2. The van der Waals surface area contributed by atoms with Gasteiger partial charge < -0.3 is 9.32 Å². The molecule has 1 saturated heterocycles. The van der Waals surface area contributed by atoms with Crippen molar-refractivity contribution in [3.63, 3.8) is 0 Å². The van der Waals surface area contributed by atoms with E-state index in [1.807, 2.05) is 24.3 Å². The molecule has 1 fully saturated rings. The van der Waals surface area contributed by atoms with Crippen LogP contribution in [0.2, 0.25) is 0 Å². The Balaban J connectivity index is 1.88. The summed E-state index contributed by atoms with van der Waals surface area (Å²) in [5, 5.41) is 0. The molecule has 3 nitrogen and oxygen atoms in total. The van der Waals surface area contributed by atoms with E-state index >= 15 is 0 Å². The van der Waals surface area contributed by atoms with Gasteiger partial charge in [0.1, 0.15) is 5.52 Å². The van der Waals surface area contributed by atoms with Crippen LogP contribution >= 0.6 is 15.9 Å². The largest absolute Gasteiger partial charge is 0.423 e. The lowest BCUT2D eigenvalue weighted by Gasteiger charge is -2.27. The molecule has 1 aromatic carbocycles. The average molecular weight is 281 g/mol. The molecule has 2 aromatic rings. The molecule has 0 N–H and O–H groups in total. The Kier molecular flexibility index (Phi) is 2.59. The third-order valence-corrected chi connectivity index (χ3v) is 3.89. The second kappa shape index (κ2) is 4.09. The summed E-state index contributed by atoms with van der Waals surface area (Å²) in [5.41, 5.74) is 1.82. The van der Waals surface area contributed by atoms with Crippen LogP contribution in [-0.2, 0) is 0 Å². The molecule has 0 saturated carbocycles. The highest BCUT2D eigenvalue weighted by Gasteiger charge is 2.20. The SMILES string of the molecule is BrC1CCN(c2nc3ccccc3o2)CC1. The highest BCUT2D eigenvalue weighted by Crippen LogP contribution is 2.26. The number of oxazole rings is 1. The molecule has 3 rings (SSSR count). The number of benzene rings is 1. The molecular formula is C12H13BrN2O. The summed E-state index contributed by atoms with van der Waals surface area (Å²) in [7, 11) is 0. The lowest BCUT2D eigenvalue weighted by atomic mass is 10.1. The standard InChI is InChI=1S/C12H13BrN2O/c13-9-5-7-15(8-6-9)12-14-10-3-1-2-4-11(10)16-12/h1-4,9H,5-8H2. The molecule has 0 amide bonds. The smallest absolute Gasteiger partial charge is 0.298 e. The van der Waals surface area contributed by atoms with Crippen LogP contribution in [0.15, 0.2) is 28.7 Å². The second-order valence-corrected chi connectivity index (χ2v) is 5.42. The zero-order valence-corrected chi connectivity index (χ0v) is 10.5. The highest BCUT2D eigenvalue weighted by atomic mass is 79.9. The maximum Gasteiger partial charge on any atom is 0.298 e. The van der Waals surface area contributed by atoms with E-state index in [0.29, 0.717) is 4.83 Å². The Morgan fingerprint density at radius 2 is 2.00 bits per heavy atom. The van der Waals surface area contributed by atoms with Crippen LogP contribution in [0.25, 0.3) is 11.1 Å². The van der Waals surface area contributed by atoms with Gasteiger partial charge >= 0.3 is 0 Å². The summed E-state index contributed by atoms with van der Waals surface area (Å²) < 4.78 is 5.74. The first-order valence-corrected chi connectivity index (χ1v) is 6.49. The minimum Gasteiger partial charge on any atom is -0.423 e. The van der Waals surface area contributed by atoms with E-state index in [4.69, 9.17) is 4.42 Å². The molecule has 1 aromatic heterocycles. The Bertz CT molecular complexity index is 455. The Labute approximate surface area is 103 Å². The minimum absolute atomic E-state index is 0.646. The van der Waals surface area contributed by atoms with Crippen LogP contribution in [0.4, 0.5) is 6.01 Å². The molecule has 0 radical (unpaired) electrons. The van der Waals surface area contributed by atoms with Gasteiger partial charge in [-0.15, -0.1) is 0 Å². The number of para-hydroxylation sites is 2. The van der Waals surface area contributed by atoms with Gasteiger partial charge in [0.25, 0.3) is 6.01 Å². The van der Waals surface area contributed by atoms with Crippen LogP contribution in [0.5, 0.6) is 0 Å². The maximum absolute atomic E-state index is 5.74. The van der Waals surface area contributed by atoms with Gasteiger partial charge in [-0.3, -0.25) is 0 Å². The number of aromatic nitrogens is 1. The number of rotatable bonds is 1. The highest BCUT2D eigenvalue weighted by molar-refractivity contribution is 9.09. The summed E-state index contributed by atoms with van der Waals surface area (Å²) in [6, 6.07) is 8.67. The monoisotopic (exact) mass is 280 g/mol. The number of nitrogens with zero attached hydrogens (tertiary/aromatic N) is 2. The third-order valence-electron chi connectivity index (χ3n) is 2.98. The first-order valence-electron chi connectivity index (χ1n) is 5.57. The molecule has 2 heterocycles. The van der Waals surface area contributed by atoms with Crippen molar-refractivity contribution in [3.05, 3.63) is 24.3 Å². The molecule has 16 heavy (non-hydrogen) atoms. The van der Waals surface area contributed by atoms with E-state index in [9.17, 15) is 0 Å². The van der Waals surface area contributed by atoms with Gasteiger partial charge in [0.05, 0.1) is 0 Å². The van der Waals surface area contributed by atoms with Crippen LogP contribution in [-0.4, -0.2) is 22.9 Å². The van der Waals surface area contributed by atoms with Crippen molar-refractivity contribution in [1.82, 2.24) is 4.98 Å². The quantitative estimate of drug-likeness (QED) is 0.752. The molecule has 1 aliphatic rings. The van der Waals surface area contributed by atoms with Gasteiger partial charge in [-0.2, -0.15) is 4.98 Å². The first-order chi connectivity index (χ1) is 7.83. The van der Waals surface area contributed by atoms with Gasteiger partial charge in [-0.05, 0) is 25.0 Å². The average Bonchev–Trinajstić information content (AvgIpc) is 2.73. The summed E-state index contributed by atoms with van der Waals surface area (Å²) in [4.78, 5) is 7.37. The first kappa shape index (κ1) is 10.1. The zero-order chi connectivity index (χ0) is 11.0. The van der Waals surface area contributed by atoms with Gasteiger partial charge in [0, 0.05) is 17.9 Å². The van der Waals surface area contributed by atoms with Gasteiger partial charge in [-0.25, -0.2) is 0 Å². The maximum atomic E-state index is 5.74. The van der Waals surface area contributed by atoms with E-state index in [-0.39, 0.29) is 0 Å². The molecular weight excluding hydrogens is 268 g/mol. The fourth-order valence-corrected chi connectivity index (χ4v) is 2.44. The van der Waals surface area contributed by atoms with Crippen molar-refractivity contribution in [3.8, 4) is 0 Å². The number of hydrogen-bond acceptors (Lipinski definition) is 3. The number of halogens is 1. The molecule has 84 valence electrons. The van der Waals surface area contributed by atoms with Crippen molar-refractivity contribution >= 4 is 33.0 Å². The van der Waals surface area contributed by atoms with Crippen LogP contribution in [0.1, 0.15) is 12.8 Å². The van der Waals surface area contributed by atoms with E-state index in [0.717, 1.165) is 43.0 Å². The van der Waals surface area contributed by atoms with Crippen molar-refractivity contribution in [2.24, 2.45) is 0 Å². The number of piperidine rings is 1. The number of fused-ring (bicyclic) bond motifs is 1. The lowest BCUT2D eigenvalue weighted by molar-refractivity contribution is 0.518. The third kappa shape index (κ3) is 1.82. The number of alkyl halides is 1. The predicted molar refractivity (Wildman–Crippen MR) is 68.2 cm³/mol. The molecule has 0 aliphatic carbocycles. The zero-order valence-electron chi connectivity index (χ0n) is 8.90. The molecule has 0 spiro atoms. The van der Waals surface area contributed by atoms with E-state index in [2.05, 4.69) is 25.8 Å². The summed E-state index contributed by atoms with van der Waals surface area (Å²) >= 11 is 3.65. The Morgan fingerprint density at radius 1 is 1.25 bits per heavy atom. The molecule has 0 unspecified atom stereocenters. The van der Waals surface area contributed by atoms with Crippen LogP contribution in [0.3, 0.4) is 0 Å². The van der Waals surface area contributed by atoms with E-state index in [1.165, 1.54) is 0 Å². The van der Waals surface area contributed by atoms with Gasteiger partial charge in [0.2, 0.25) is 0 Å². The van der Waals surface area contributed by atoms with Crippen LogP contribution in [0, 0.1) is 0 Å². The van der Waals surface area contributed by atoms with E-state index < -0.39 is 0 Å². The van der Waals surface area contributed by atoms with Crippen molar-refractivity contribution in [2.75, 3.05) is 18.0 Å². The number of hydrogen-bond donors (Lipinski definition) is 0. The molecule has 0 bridgehead atoms. The minimum atomic E-state index is 0.646. The summed E-state index contributed by atoms with van der Waals surface area (Å²) in [6.07, 6.45) is 2.30. The van der Waals surface area contributed by atoms with Crippen molar-refractivity contribution in [1.29, 1.82) is 0 Å². The van der Waals surface area contributed by atoms with Crippen molar-refractivity contribution in [2.45, 2.75) is 17.7 Å². The van der Waals surface area contributed by atoms with Crippen molar-refractivity contribution < 1.29 is 4.42 Å².